The van der Waals surface area contributed by atoms with E-state index in [2.05, 4.69) is 4.90 Å². The predicted molar refractivity (Wildman–Crippen MR) is 114 cm³/mol. The molecule has 160 valence electrons. The first kappa shape index (κ1) is 20.7. The normalized spacial score (nSPS) is 16.9. The lowest BCUT2D eigenvalue weighted by Gasteiger charge is -2.29. The third-order valence-electron chi connectivity index (χ3n) is 6.11. The van der Waals surface area contributed by atoms with Crippen molar-refractivity contribution in [3.05, 3.63) is 59.4 Å². The number of rotatable bonds is 8. The van der Waals surface area contributed by atoms with Crippen LogP contribution in [0.25, 0.3) is 0 Å². The van der Waals surface area contributed by atoms with Gasteiger partial charge in [0.15, 0.2) is 11.5 Å². The van der Waals surface area contributed by atoms with Crippen LogP contribution in [-0.4, -0.2) is 24.0 Å². The Labute approximate surface area is 178 Å². The molecule has 0 aromatic heterocycles. The number of nitrogens with zero attached hydrogens (tertiary/aromatic N) is 1. The molecular formula is C25H30FNO3. The van der Waals surface area contributed by atoms with Crippen molar-refractivity contribution < 1.29 is 18.7 Å². The zero-order valence-corrected chi connectivity index (χ0v) is 17.6. The number of hydrogen-bond acceptors (Lipinski definition) is 3. The number of ether oxygens (including phenoxy) is 2. The lowest BCUT2D eigenvalue weighted by Crippen LogP contribution is -2.38. The van der Waals surface area contributed by atoms with Gasteiger partial charge in [0.05, 0.1) is 7.11 Å². The van der Waals surface area contributed by atoms with Gasteiger partial charge in [0.25, 0.3) is 0 Å². The van der Waals surface area contributed by atoms with E-state index in [1.54, 1.807) is 19.2 Å². The van der Waals surface area contributed by atoms with Gasteiger partial charge in [-0.1, -0.05) is 37.5 Å². The van der Waals surface area contributed by atoms with E-state index in [-0.39, 0.29) is 11.7 Å². The maximum absolute atomic E-state index is 13.1. The molecule has 4 nitrogen and oxygen atoms in total. The second-order valence-corrected chi connectivity index (χ2v) is 8.43. The van der Waals surface area contributed by atoms with Crippen molar-refractivity contribution in [1.29, 1.82) is 0 Å². The van der Waals surface area contributed by atoms with Crippen LogP contribution in [-0.2, 0) is 17.9 Å². The third kappa shape index (κ3) is 5.13. The van der Waals surface area contributed by atoms with Gasteiger partial charge in [-0.3, -0.25) is 4.79 Å². The largest absolute Gasteiger partial charge is 0.493 e. The minimum absolute atomic E-state index is 0.194. The summed E-state index contributed by atoms with van der Waals surface area (Å²) in [6.07, 6.45) is 7.86. The van der Waals surface area contributed by atoms with Crippen LogP contribution in [0.15, 0.2) is 42.5 Å². The Kier molecular flexibility index (Phi) is 6.56. The highest BCUT2D eigenvalue weighted by Crippen LogP contribution is 2.35. The molecule has 0 atom stereocenters. The van der Waals surface area contributed by atoms with Gasteiger partial charge in [0.2, 0.25) is 5.91 Å². The lowest BCUT2D eigenvalue weighted by atomic mass is 9.88. The zero-order chi connectivity index (χ0) is 20.9. The molecule has 0 saturated heterocycles. The number of halogens is 1. The number of carbonyl (C=O) groups excluding carboxylic acids is 1. The van der Waals surface area contributed by atoms with E-state index in [4.69, 9.17) is 9.47 Å². The average Bonchev–Trinajstić information content (AvgIpc) is 3.63. The van der Waals surface area contributed by atoms with Crippen molar-refractivity contribution in [3.63, 3.8) is 0 Å². The van der Waals surface area contributed by atoms with Gasteiger partial charge in [-0.15, -0.1) is 0 Å². The molecule has 0 unspecified atom stereocenters. The molecule has 0 heterocycles. The Morgan fingerprint density at radius 2 is 1.67 bits per heavy atom. The maximum atomic E-state index is 13.1. The molecule has 2 saturated carbocycles. The third-order valence-corrected chi connectivity index (χ3v) is 6.11. The molecule has 2 fully saturated rings. The Morgan fingerprint density at radius 3 is 2.33 bits per heavy atom. The summed E-state index contributed by atoms with van der Waals surface area (Å²) in [7, 11) is 1.62. The molecule has 1 amide bonds. The van der Waals surface area contributed by atoms with Crippen LogP contribution in [0.4, 0.5) is 4.39 Å². The molecule has 0 bridgehead atoms. The minimum Gasteiger partial charge on any atom is -0.493 e. The standard InChI is InChI=1S/C25H30FNO3/c1-29-24-15-19(9-14-23(24)30-17-18-7-10-21(26)11-8-18)16-27(22-12-13-22)25(28)20-5-3-2-4-6-20/h7-11,14-15,20,22H,2-6,12-13,16-17H2,1H3. The first-order chi connectivity index (χ1) is 14.6. The molecule has 30 heavy (non-hydrogen) atoms. The maximum Gasteiger partial charge on any atom is 0.226 e. The van der Waals surface area contributed by atoms with Crippen molar-refractivity contribution in [2.24, 2.45) is 5.92 Å². The summed E-state index contributed by atoms with van der Waals surface area (Å²) in [5, 5.41) is 0. The van der Waals surface area contributed by atoms with Gasteiger partial charge < -0.3 is 14.4 Å². The summed E-state index contributed by atoms with van der Waals surface area (Å²) in [5.41, 5.74) is 1.94. The van der Waals surface area contributed by atoms with E-state index < -0.39 is 0 Å². The van der Waals surface area contributed by atoms with Crippen LogP contribution in [0.3, 0.4) is 0 Å². The van der Waals surface area contributed by atoms with Crippen molar-refractivity contribution in [1.82, 2.24) is 4.90 Å². The Morgan fingerprint density at radius 1 is 0.967 bits per heavy atom. The SMILES string of the molecule is COc1cc(CN(C(=O)C2CCCCC2)C2CC2)ccc1OCc1ccc(F)cc1. The topological polar surface area (TPSA) is 38.8 Å². The van der Waals surface area contributed by atoms with E-state index in [1.165, 1.54) is 31.4 Å². The monoisotopic (exact) mass is 411 g/mol. The van der Waals surface area contributed by atoms with Gasteiger partial charge in [0, 0.05) is 18.5 Å². The summed E-state index contributed by atoms with van der Waals surface area (Å²) < 4.78 is 24.5. The zero-order valence-electron chi connectivity index (χ0n) is 17.6. The number of hydrogen-bond donors (Lipinski definition) is 0. The van der Waals surface area contributed by atoms with Crippen molar-refractivity contribution in [2.75, 3.05) is 7.11 Å². The summed E-state index contributed by atoms with van der Waals surface area (Å²) in [6.45, 7) is 0.957. The van der Waals surface area contributed by atoms with Gasteiger partial charge in [-0.2, -0.15) is 0 Å². The summed E-state index contributed by atoms with van der Waals surface area (Å²) in [6, 6.07) is 12.5. The average molecular weight is 412 g/mol. The van der Waals surface area contributed by atoms with Crippen molar-refractivity contribution >= 4 is 5.91 Å². The number of benzene rings is 2. The molecule has 0 radical (unpaired) electrons. The van der Waals surface area contributed by atoms with Crippen LogP contribution < -0.4 is 9.47 Å². The van der Waals surface area contributed by atoms with Crippen LogP contribution in [0, 0.1) is 11.7 Å². The molecule has 2 aliphatic rings. The molecule has 5 heteroatoms. The van der Waals surface area contributed by atoms with Gasteiger partial charge in [0.1, 0.15) is 12.4 Å². The fraction of sp³-hybridized carbons (Fsp3) is 0.480. The van der Waals surface area contributed by atoms with E-state index in [0.29, 0.717) is 36.6 Å². The van der Waals surface area contributed by atoms with Crippen LogP contribution in [0.1, 0.15) is 56.1 Å². The fourth-order valence-corrected chi connectivity index (χ4v) is 4.23. The second kappa shape index (κ2) is 9.50. The Bertz CT molecular complexity index is 857. The number of amides is 1. The Balaban J connectivity index is 1.43. The van der Waals surface area contributed by atoms with Gasteiger partial charge >= 0.3 is 0 Å². The second-order valence-electron chi connectivity index (χ2n) is 8.43. The van der Waals surface area contributed by atoms with Gasteiger partial charge in [-0.05, 0) is 61.1 Å². The molecular weight excluding hydrogens is 381 g/mol. The quantitative estimate of drug-likeness (QED) is 0.577. The molecule has 2 aliphatic carbocycles. The minimum atomic E-state index is -0.260. The molecule has 0 aliphatic heterocycles. The molecule has 0 N–H and O–H groups in total. The van der Waals surface area contributed by atoms with Crippen molar-refractivity contribution in [2.45, 2.75) is 64.1 Å². The van der Waals surface area contributed by atoms with Crippen molar-refractivity contribution in [3.8, 4) is 11.5 Å². The predicted octanol–water partition coefficient (Wildman–Crippen LogP) is 5.48. The first-order valence-corrected chi connectivity index (χ1v) is 11.0. The van der Waals surface area contributed by atoms with E-state index >= 15 is 0 Å². The Hall–Kier alpha value is -2.56. The summed E-state index contributed by atoms with van der Waals surface area (Å²) >= 11 is 0. The molecule has 0 spiro atoms. The summed E-state index contributed by atoms with van der Waals surface area (Å²) in [5.74, 6) is 1.55. The van der Waals surface area contributed by atoms with E-state index in [0.717, 1.165) is 36.8 Å². The molecule has 2 aromatic rings. The highest BCUT2D eigenvalue weighted by molar-refractivity contribution is 5.79. The highest BCUT2D eigenvalue weighted by atomic mass is 19.1. The van der Waals surface area contributed by atoms with Crippen LogP contribution in [0.2, 0.25) is 0 Å². The van der Waals surface area contributed by atoms with Gasteiger partial charge in [-0.25, -0.2) is 4.39 Å². The molecule has 4 rings (SSSR count). The van der Waals surface area contributed by atoms with E-state index in [9.17, 15) is 9.18 Å². The summed E-state index contributed by atoms with van der Waals surface area (Å²) in [4.78, 5) is 15.2. The lowest BCUT2D eigenvalue weighted by molar-refractivity contribution is -0.137. The number of carbonyl (C=O) groups is 1. The van der Waals surface area contributed by atoms with E-state index in [1.807, 2.05) is 18.2 Å². The number of methoxy groups -OCH3 is 1. The fourth-order valence-electron chi connectivity index (χ4n) is 4.23. The molecule has 2 aromatic carbocycles. The first-order valence-electron chi connectivity index (χ1n) is 11.0. The van der Waals surface area contributed by atoms with Crippen LogP contribution in [0.5, 0.6) is 11.5 Å². The van der Waals surface area contributed by atoms with Crippen LogP contribution >= 0.6 is 0 Å². The highest BCUT2D eigenvalue weighted by Gasteiger charge is 2.36. The smallest absolute Gasteiger partial charge is 0.226 e.